The minimum absolute atomic E-state index is 0.272. The zero-order valence-electron chi connectivity index (χ0n) is 12.4. The highest BCUT2D eigenvalue weighted by atomic mass is 32.2. The summed E-state index contributed by atoms with van der Waals surface area (Å²) in [6.45, 7) is 3.98. The topological polar surface area (TPSA) is 0 Å². The molecule has 0 nitrogen and oxygen atoms in total. The Labute approximate surface area is 136 Å². The Morgan fingerprint density at radius 2 is 0.909 bits per heavy atom. The van der Waals surface area contributed by atoms with Crippen molar-refractivity contribution >= 4 is 11.8 Å². The molecule has 1 heteroatoms. The average Bonchev–Trinajstić information content (AvgIpc) is 2.62. The summed E-state index contributed by atoms with van der Waals surface area (Å²) in [6.07, 6.45) is 0. The molecular formula is C21H18S. The van der Waals surface area contributed by atoms with E-state index in [-0.39, 0.29) is 4.75 Å². The molecule has 0 radical (unpaired) electrons. The molecule has 0 aliphatic carbocycles. The molecule has 0 saturated carbocycles. The maximum absolute atomic E-state index is 3.98. The molecule has 0 spiro atoms. The van der Waals surface area contributed by atoms with Crippen LogP contribution in [0.15, 0.2) is 103 Å². The first-order valence-corrected chi connectivity index (χ1v) is 8.21. The van der Waals surface area contributed by atoms with Crippen LogP contribution in [0, 0.1) is 0 Å². The molecule has 0 aliphatic rings. The maximum atomic E-state index is 3.98. The Kier molecular flexibility index (Phi) is 4.45. The Morgan fingerprint density at radius 3 is 1.18 bits per heavy atom. The van der Waals surface area contributed by atoms with Gasteiger partial charge < -0.3 is 0 Å². The Hall–Kier alpha value is -2.25. The molecular weight excluding hydrogens is 284 g/mol. The van der Waals surface area contributed by atoms with Crippen molar-refractivity contribution in [1.29, 1.82) is 0 Å². The van der Waals surface area contributed by atoms with E-state index in [0.717, 1.165) is 0 Å². The highest BCUT2D eigenvalue weighted by Gasteiger charge is 2.35. The van der Waals surface area contributed by atoms with E-state index >= 15 is 0 Å². The van der Waals surface area contributed by atoms with Crippen LogP contribution in [-0.4, -0.2) is 0 Å². The smallest absolute Gasteiger partial charge is 0.0947 e. The number of hydrogen-bond acceptors (Lipinski definition) is 1. The van der Waals surface area contributed by atoms with Crippen molar-refractivity contribution in [2.24, 2.45) is 0 Å². The van der Waals surface area contributed by atoms with Crippen LogP contribution in [0.4, 0.5) is 0 Å². The van der Waals surface area contributed by atoms with E-state index in [0.29, 0.717) is 0 Å². The van der Waals surface area contributed by atoms with Gasteiger partial charge in [0.05, 0.1) is 4.75 Å². The molecule has 3 aromatic carbocycles. The van der Waals surface area contributed by atoms with Crippen LogP contribution in [0.2, 0.25) is 0 Å². The third-order valence-electron chi connectivity index (χ3n) is 3.80. The third kappa shape index (κ3) is 2.60. The summed E-state index contributed by atoms with van der Waals surface area (Å²) < 4.78 is -0.272. The van der Waals surface area contributed by atoms with Crippen LogP contribution in [0.1, 0.15) is 16.7 Å². The van der Waals surface area contributed by atoms with E-state index in [1.165, 1.54) is 16.7 Å². The molecule has 0 atom stereocenters. The second-order valence-corrected chi connectivity index (χ2v) is 6.25. The van der Waals surface area contributed by atoms with E-state index in [1.54, 1.807) is 11.8 Å². The third-order valence-corrected chi connectivity index (χ3v) is 5.03. The van der Waals surface area contributed by atoms with Gasteiger partial charge in [0.25, 0.3) is 0 Å². The van der Waals surface area contributed by atoms with Crippen LogP contribution in [0.3, 0.4) is 0 Å². The van der Waals surface area contributed by atoms with Crippen LogP contribution >= 0.6 is 11.8 Å². The molecule has 22 heavy (non-hydrogen) atoms. The number of benzene rings is 3. The molecule has 108 valence electrons. The van der Waals surface area contributed by atoms with Crippen LogP contribution in [0.5, 0.6) is 0 Å². The Balaban J connectivity index is 2.31. The quantitative estimate of drug-likeness (QED) is 0.532. The molecule has 0 fully saturated rings. The lowest BCUT2D eigenvalue weighted by atomic mass is 9.84. The minimum Gasteiger partial charge on any atom is -0.113 e. The predicted octanol–water partition coefficient (Wildman–Crippen LogP) is 5.86. The molecule has 0 heterocycles. The lowest BCUT2D eigenvalue weighted by molar-refractivity contribution is 0.900. The van der Waals surface area contributed by atoms with Gasteiger partial charge in [-0.25, -0.2) is 0 Å². The van der Waals surface area contributed by atoms with Gasteiger partial charge in [0, 0.05) is 0 Å². The zero-order valence-corrected chi connectivity index (χ0v) is 13.2. The molecule has 0 saturated heterocycles. The largest absolute Gasteiger partial charge is 0.113 e. The molecule has 0 aromatic heterocycles. The molecule has 3 rings (SSSR count). The number of thioether (sulfide) groups is 1. The van der Waals surface area contributed by atoms with Gasteiger partial charge in [-0.1, -0.05) is 97.6 Å². The van der Waals surface area contributed by atoms with Crippen LogP contribution in [0.25, 0.3) is 0 Å². The maximum Gasteiger partial charge on any atom is 0.0947 e. The van der Waals surface area contributed by atoms with Gasteiger partial charge in [-0.3, -0.25) is 0 Å². The molecule has 3 aromatic rings. The Bertz CT molecular complexity index is 621. The average molecular weight is 302 g/mol. The minimum atomic E-state index is -0.272. The predicted molar refractivity (Wildman–Crippen MR) is 97.0 cm³/mol. The first-order valence-electron chi connectivity index (χ1n) is 7.33. The fourth-order valence-corrected chi connectivity index (χ4v) is 3.91. The van der Waals surface area contributed by atoms with Gasteiger partial charge in [0.2, 0.25) is 0 Å². The van der Waals surface area contributed by atoms with Gasteiger partial charge in [0.15, 0.2) is 0 Å². The normalized spacial score (nSPS) is 11.1. The first-order chi connectivity index (χ1) is 10.9. The molecule has 0 unspecified atom stereocenters. The van der Waals surface area contributed by atoms with Gasteiger partial charge in [-0.15, -0.1) is 11.8 Å². The van der Waals surface area contributed by atoms with E-state index in [4.69, 9.17) is 0 Å². The molecule has 0 bridgehead atoms. The summed E-state index contributed by atoms with van der Waals surface area (Å²) in [5.74, 6) is 0. The summed E-state index contributed by atoms with van der Waals surface area (Å²) in [4.78, 5) is 0. The summed E-state index contributed by atoms with van der Waals surface area (Å²) in [5.41, 5.74) is 3.78. The van der Waals surface area contributed by atoms with E-state index in [9.17, 15) is 0 Å². The van der Waals surface area contributed by atoms with Gasteiger partial charge >= 0.3 is 0 Å². The van der Waals surface area contributed by atoms with Gasteiger partial charge in [-0.05, 0) is 22.1 Å². The summed E-state index contributed by atoms with van der Waals surface area (Å²) in [5, 5.41) is 1.94. The molecule has 0 aliphatic heterocycles. The fourth-order valence-electron chi connectivity index (χ4n) is 2.85. The Morgan fingerprint density at radius 1 is 0.591 bits per heavy atom. The van der Waals surface area contributed by atoms with Crippen LogP contribution in [-0.2, 0) is 4.75 Å². The second-order valence-electron chi connectivity index (χ2n) is 5.06. The van der Waals surface area contributed by atoms with Crippen molar-refractivity contribution in [2.75, 3.05) is 0 Å². The van der Waals surface area contributed by atoms with Crippen molar-refractivity contribution in [1.82, 2.24) is 0 Å². The summed E-state index contributed by atoms with van der Waals surface area (Å²) in [6, 6.07) is 31.9. The van der Waals surface area contributed by atoms with E-state index in [1.807, 2.05) is 5.41 Å². The first kappa shape index (κ1) is 14.7. The van der Waals surface area contributed by atoms with Crippen molar-refractivity contribution in [3.8, 4) is 0 Å². The highest BCUT2D eigenvalue weighted by Crippen LogP contribution is 2.48. The lowest BCUT2D eigenvalue weighted by Gasteiger charge is -2.34. The molecule has 0 amide bonds. The highest BCUT2D eigenvalue weighted by molar-refractivity contribution is 8.03. The van der Waals surface area contributed by atoms with Gasteiger partial charge in [-0.2, -0.15) is 0 Å². The second kappa shape index (κ2) is 6.67. The summed E-state index contributed by atoms with van der Waals surface area (Å²) >= 11 is 1.75. The standard InChI is InChI=1S/C21H18S/c1-2-22-21(18-12-6-3-7-13-18,19-14-8-4-9-15-19)20-16-10-5-11-17-20/h2-17H,1H2. The number of rotatable bonds is 5. The fraction of sp³-hybridized carbons (Fsp3) is 0.0476. The molecule has 0 N–H and O–H groups in total. The monoisotopic (exact) mass is 302 g/mol. The van der Waals surface area contributed by atoms with Crippen molar-refractivity contribution in [3.63, 3.8) is 0 Å². The van der Waals surface area contributed by atoms with Crippen molar-refractivity contribution < 1.29 is 0 Å². The van der Waals surface area contributed by atoms with E-state index in [2.05, 4.69) is 97.6 Å². The summed E-state index contributed by atoms with van der Waals surface area (Å²) in [7, 11) is 0. The van der Waals surface area contributed by atoms with Crippen LogP contribution < -0.4 is 0 Å². The number of hydrogen-bond donors (Lipinski definition) is 0. The van der Waals surface area contributed by atoms with Crippen molar-refractivity contribution in [2.45, 2.75) is 4.75 Å². The van der Waals surface area contributed by atoms with Gasteiger partial charge in [0.1, 0.15) is 0 Å². The SMILES string of the molecule is C=CSC(c1ccccc1)(c1ccccc1)c1ccccc1. The lowest BCUT2D eigenvalue weighted by Crippen LogP contribution is -2.24. The van der Waals surface area contributed by atoms with E-state index < -0.39 is 0 Å². The zero-order chi connectivity index (χ0) is 15.3. The van der Waals surface area contributed by atoms with Crippen molar-refractivity contribution in [3.05, 3.63) is 120 Å².